The van der Waals surface area contributed by atoms with Gasteiger partial charge in [0.05, 0.1) is 21.2 Å². The van der Waals surface area contributed by atoms with Gasteiger partial charge in [0.25, 0.3) is 5.91 Å². The molecule has 7 nitrogen and oxygen atoms in total. The summed E-state index contributed by atoms with van der Waals surface area (Å²) < 4.78 is 27.1. The van der Waals surface area contributed by atoms with E-state index in [4.69, 9.17) is 11.6 Å². The summed E-state index contributed by atoms with van der Waals surface area (Å²) in [7, 11) is -3.70. The average molecular weight is 519 g/mol. The fourth-order valence-corrected chi connectivity index (χ4v) is 6.73. The van der Waals surface area contributed by atoms with E-state index in [1.165, 1.54) is 39.4 Å². The lowest BCUT2D eigenvalue weighted by molar-refractivity contribution is 0.102. The third kappa shape index (κ3) is 5.34. The summed E-state index contributed by atoms with van der Waals surface area (Å²) >= 11 is 7.71. The Labute approximate surface area is 209 Å². The van der Waals surface area contributed by atoms with Crippen LogP contribution in [-0.2, 0) is 29.5 Å². The third-order valence-electron chi connectivity index (χ3n) is 5.81. The van der Waals surface area contributed by atoms with Gasteiger partial charge in [0.15, 0.2) is 5.13 Å². The van der Waals surface area contributed by atoms with E-state index in [-0.39, 0.29) is 15.5 Å². The number of anilines is 1. The number of rotatable bonds is 8. The van der Waals surface area contributed by atoms with Crippen LogP contribution in [0.2, 0.25) is 5.02 Å². The molecule has 0 radical (unpaired) electrons. The first-order valence-corrected chi connectivity index (χ1v) is 13.8. The summed E-state index contributed by atoms with van der Waals surface area (Å²) in [5.74, 6) is -0.478. The molecule has 1 aromatic heterocycles. The zero-order valence-electron chi connectivity index (χ0n) is 19.1. The van der Waals surface area contributed by atoms with Crippen LogP contribution in [0.15, 0.2) is 53.4 Å². The van der Waals surface area contributed by atoms with Crippen molar-refractivity contribution in [3.05, 3.63) is 75.3 Å². The minimum Gasteiger partial charge on any atom is -0.298 e. The number of amides is 1. The number of hydrogen-bond donors (Lipinski definition) is 1. The molecule has 0 bridgehead atoms. The Hall–Kier alpha value is -2.30. The van der Waals surface area contributed by atoms with E-state index in [1.54, 1.807) is 13.8 Å². The summed E-state index contributed by atoms with van der Waals surface area (Å²) in [5.41, 5.74) is 2.36. The van der Waals surface area contributed by atoms with E-state index >= 15 is 0 Å². The Morgan fingerprint density at radius 1 is 1.18 bits per heavy atom. The number of nitrogens with zero attached hydrogens (tertiary/aromatic N) is 3. The van der Waals surface area contributed by atoms with Crippen molar-refractivity contribution in [2.75, 3.05) is 25.0 Å². The van der Waals surface area contributed by atoms with Crippen LogP contribution < -0.4 is 5.32 Å². The highest BCUT2D eigenvalue weighted by molar-refractivity contribution is 7.89. The van der Waals surface area contributed by atoms with Crippen LogP contribution in [0.5, 0.6) is 0 Å². The van der Waals surface area contributed by atoms with Gasteiger partial charge in [-0.05, 0) is 23.8 Å². The summed E-state index contributed by atoms with van der Waals surface area (Å²) in [6.07, 6.45) is 0.812. The summed E-state index contributed by atoms with van der Waals surface area (Å²) in [5, 5.41) is 3.49. The molecule has 10 heteroatoms. The summed E-state index contributed by atoms with van der Waals surface area (Å²) in [6, 6.07) is 14.5. The Balaban J connectivity index is 1.49. The molecular formula is C24H27ClN4O3S2. The van der Waals surface area contributed by atoms with Gasteiger partial charge in [-0.25, -0.2) is 13.4 Å². The van der Waals surface area contributed by atoms with E-state index in [9.17, 15) is 13.2 Å². The molecule has 1 aliphatic rings. The number of thiazole rings is 1. The second-order valence-corrected chi connectivity index (χ2v) is 11.4. The molecule has 0 saturated carbocycles. The molecule has 4 rings (SSSR count). The molecule has 0 saturated heterocycles. The van der Waals surface area contributed by atoms with Gasteiger partial charge in [-0.3, -0.25) is 15.0 Å². The molecule has 3 aromatic rings. The van der Waals surface area contributed by atoms with E-state index in [0.717, 1.165) is 36.6 Å². The number of benzene rings is 2. The number of hydrogen-bond acceptors (Lipinski definition) is 6. The van der Waals surface area contributed by atoms with Crippen LogP contribution in [0.1, 0.15) is 40.3 Å². The van der Waals surface area contributed by atoms with Crippen LogP contribution in [-0.4, -0.2) is 48.1 Å². The van der Waals surface area contributed by atoms with Gasteiger partial charge in [0.1, 0.15) is 0 Å². The lowest BCUT2D eigenvalue weighted by Crippen LogP contribution is -2.30. The van der Waals surface area contributed by atoms with E-state index in [0.29, 0.717) is 18.2 Å². The molecule has 1 aliphatic heterocycles. The molecule has 1 amide bonds. The minimum absolute atomic E-state index is 0.0423. The maximum Gasteiger partial charge on any atom is 0.259 e. The first-order chi connectivity index (χ1) is 16.3. The average Bonchev–Trinajstić information content (AvgIpc) is 3.22. The SMILES string of the molecule is CCN(CC)S(=O)(=O)c1ccc(Cl)c(C(=O)Nc2nc3c(s2)CN(Cc2ccccc2)CC3)c1. The number of aromatic nitrogens is 1. The highest BCUT2D eigenvalue weighted by Crippen LogP contribution is 2.30. The highest BCUT2D eigenvalue weighted by atomic mass is 35.5. The van der Waals surface area contributed by atoms with Crippen LogP contribution >= 0.6 is 22.9 Å². The number of fused-ring (bicyclic) bond motifs is 1. The second kappa shape index (κ2) is 10.5. The van der Waals surface area contributed by atoms with Crippen LogP contribution in [0.4, 0.5) is 5.13 Å². The molecule has 0 unspecified atom stereocenters. The molecule has 1 N–H and O–H groups in total. The van der Waals surface area contributed by atoms with Gasteiger partial charge < -0.3 is 0 Å². The summed E-state index contributed by atoms with van der Waals surface area (Å²) in [6.45, 7) is 6.77. The van der Waals surface area contributed by atoms with Crippen molar-refractivity contribution in [1.82, 2.24) is 14.2 Å². The number of carbonyl (C=O) groups excluding carboxylic acids is 1. The predicted molar refractivity (Wildman–Crippen MR) is 136 cm³/mol. The first-order valence-electron chi connectivity index (χ1n) is 11.2. The van der Waals surface area contributed by atoms with Gasteiger partial charge in [0, 0.05) is 44.0 Å². The van der Waals surface area contributed by atoms with Crippen LogP contribution in [0.3, 0.4) is 0 Å². The maximum atomic E-state index is 13.0. The molecule has 0 aliphatic carbocycles. The van der Waals surface area contributed by atoms with Crippen LogP contribution in [0, 0.1) is 0 Å². The van der Waals surface area contributed by atoms with E-state index < -0.39 is 15.9 Å². The van der Waals surface area contributed by atoms with E-state index in [2.05, 4.69) is 27.3 Å². The third-order valence-corrected chi connectivity index (χ3v) is 9.18. The quantitative estimate of drug-likeness (QED) is 0.470. The summed E-state index contributed by atoms with van der Waals surface area (Å²) in [4.78, 5) is 21.1. The molecule has 0 spiro atoms. The Kier molecular flexibility index (Phi) is 7.69. The van der Waals surface area contributed by atoms with Crippen LogP contribution in [0.25, 0.3) is 0 Å². The predicted octanol–water partition coefficient (Wildman–Crippen LogP) is 4.64. The lowest BCUT2D eigenvalue weighted by atomic mass is 10.1. The van der Waals surface area contributed by atoms with Crippen molar-refractivity contribution >= 4 is 44.0 Å². The molecule has 0 atom stereocenters. The number of carbonyl (C=O) groups is 1. The monoisotopic (exact) mass is 518 g/mol. The van der Waals surface area contributed by atoms with Gasteiger partial charge >= 0.3 is 0 Å². The molecule has 0 fully saturated rings. The molecule has 2 aromatic carbocycles. The number of nitrogens with one attached hydrogen (secondary N) is 1. The minimum atomic E-state index is -3.70. The molecular weight excluding hydrogens is 492 g/mol. The fourth-order valence-electron chi connectivity index (χ4n) is 3.99. The zero-order chi connectivity index (χ0) is 24.3. The maximum absolute atomic E-state index is 13.0. The van der Waals surface area contributed by atoms with Crippen molar-refractivity contribution in [2.45, 2.75) is 38.3 Å². The Morgan fingerprint density at radius 2 is 1.91 bits per heavy atom. The normalized spacial score (nSPS) is 14.2. The van der Waals surface area contributed by atoms with Gasteiger partial charge in [-0.2, -0.15) is 4.31 Å². The second-order valence-electron chi connectivity index (χ2n) is 8.02. The Bertz CT molecular complexity index is 1270. The standard InChI is InChI=1S/C24H27ClN4O3S2/c1-3-29(4-2)34(31,32)18-10-11-20(25)19(14-18)23(30)27-24-26-21-12-13-28(16-22(21)33-24)15-17-8-6-5-7-9-17/h5-11,14H,3-4,12-13,15-16H2,1-2H3,(H,26,27,30). The van der Waals surface area contributed by atoms with Gasteiger partial charge in [0.2, 0.25) is 10.0 Å². The van der Waals surface area contributed by atoms with Crippen molar-refractivity contribution in [3.63, 3.8) is 0 Å². The lowest BCUT2D eigenvalue weighted by Gasteiger charge is -2.25. The van der Waals surface area contributed by atoms with Crippen molar-refractivity contribution < 1.29 is 13.2 Å². The largest absolute Gasteiger partial charge is 0.298 e. The van der Waals surface area contributed by atoms with Crippen molar-refractivity contribution in [2.24, 2.45) is 0 Å². The number of sulfonamides is 1. The highest BCUT2D eigenvalue weighted by Gasteiger charge is 2.25. The first kappa shape index (κ1) is 24.8. The van der Waals surface area contributed by atoms with Crippen molar-refractivity contribution in [3.8, 4) is 0 Å². The van der Waals surface area contributed by atoms with Crippen molar-refractivity contribution in [1.29, 1.82) is 0 Å². The smallest absolute Gasteiger partial charge is 0.259 e. The van der Waals surface area contributed by atoms with Gasteiger partial charge in [-0.1, -0.05) is 55.8 Å². The molecule has 34 heavy (non-hydrogen) atoms. The zero-order valence-corrected chi connectivity index (χ0v) is 21.5. The van der Waals surface area contributed by atoms with Gasteiger partial charge in [-0.15, -0.1) is 11.3 Å². The Morgan fingerprint density at radius 3 is 2.62 bits per heavy atom. The fraction of sp³-hybridized carbons (Fsp3) is 0.333. The topological polar surface area (TPSA) is 82.6 Å². The van der Waals surface area contributed by atoms with E-state index in [1.807, 2.05) is 18.2 Å². The number of halogens is 1. The molecule has 2 heterocycles. The molecule has 180 valence electrons.